The molecule has 1 aromatic heterocycles. The van der Waals surface area contributed by atoms with Gasteiger partial charge in [0, 0.05) is 13.1 Å². The van der Waals surface area contributed by atoms with Crippen LogP contribution in [0.2, 0.25) is 0 Å². The summed E-state index contributed by atoms with van der Waals surface area (Å²) in [6.45, 7) is 1.37. The van der Waals surface area contributed by atoms with Gasteiger partial charge < -0.3 is 14.7 Å². The summed E-state index contributed by atoms with van der Waals surface area (Å²) in [5, 5.41) is 12.6. The van der Waals surface area contributed by atoms with Gasteiger partial charge in [-0.25, -0.2) is 0 Å². The van der Waals surface area contributed by atoms with E-state index in [1.165, 1.54) is 6.20 Å². The van der Waals surface area contributed by atoms with Gasteiger partial charge >= 0.3 is 0 Å². The smallest absolute Gasteiger partial charge is 0.267 e. The van der Waals surface area contributed by atoms with Gasteiger partial charge in [-0.05, 0) is 11.5 Å². The van der Waals surface area contributed by atoms with Crippen molar-refractivity contribution < 1.29 is 14.6 Å². The zero-order valence-corrected chi connectivity index (χ0v) is 8.81. The molecule has 2 rings (SSSR count). The van der Waals surface area contributed by atoms with Crippen molar-refractivity contribution in [2.45, 2.75) is 6.10 Å². The van der Waals surface area contributed by atoms with Gasteiger partial charge in [0.2, 0.25) is 0 Å². The molecule has 1 atom stereocenters. The normalized spacial score (nSPS) is 21.7. The lowest BCUT2D eigenvalue weighted by atomic mass is 10.2. The van der Waals surface area contributed by atoms with Gasteiger partial charge in [-0.3, -0.25) is 4.79 Å². The first kappa shape index (κ1) is 10.5. The summed E-state index contributed by atoms with van der Waals surface area (Å²) < 4.78 is 8.89. The van der Waals surface area contributed by atoms with Crippen LogP contribution >= 0.6 is 11.5 Å². The number of morpholine rings is 1. The Balaban J connectivity index is 2.01. The zero-order chi connectivity index (χ0) is 10.7. The first-order valence-electron chi connectivity index (χ1n) is 4.60. The minimum Gasteiger partial charge on any atom is -0.394 e. The number of aromatic nitrogens is 2. The van der Waals surface area contributed by atoms with E-state index in [1.807, 2.05) is 0 Å². The summed E-state index contributed by atoms with van der Waals surface area (Å²) in [6, 6.07) is 0. The second-order valence-electron chi connectivity index (χ2n) is 3.21. The predicted molar refractivity (Wildman–Crippen MR) is 52.6 cm³/mol. The minimum absolute atomic E-state index is 0.0648. The third-order valence-electron chi connectivity index (χ3n) is 2.20. The van der Waals surface area contributed by atoms with E-state index in [2.05, 4.69) is 9.59 Å². The van der Waals surface area contributed by atoms with Crippen LogP contribution in [0.5, 0.6) is 0 Å². The molecule has 6 nitrogen and oxygen atoms in total. The molecule has 82 valence electrons. The Morgan fingerprint density at radius 2 is 2.67 bits per heavy atom. The van der Waals surface area contributed by atoms with Crippen molar-refractivity contribution in [3.05, 3.63) is 11.1 Å². The van der Waals surface area contributed by atoms with Crippen molar-refractivity contribution in [3.8, 4) is 0 Å². The van der Waals surface area contributed by atoms with Crippen molar-refractivity contribution in [1.29, 1.82) is 0 Å². The largest absolute Gasteiger partial charge is 0.394 e. The molecule has 1 fully saturated rings. The number of hydrogen-bond acceptors (Lipinski definition) is 6. The van der Waals surface area contributed by atoms with Crippen molar-refractivity contribution in [3.63, 3.8) is 0 Å². The quantitative estimate of drug-likeness (QED) is 0.731. The number of aliphatic hydroxyl groups is 1. The fourth-order valence-corrected chi connectivity index (χ4v) is 1.92. The molecule has 0 spiro atoms. The van der Waals surface area contributed by atoms with E-state index in [1.54, 1.807) is 4.90 Å². The number of hydrogen-bond donors (Lipinski definition) is 1. The molecule has 1 N–H and O–H groups in total. The summed E-state index contributed by atoms with van der Waals surface area (Å²) in [6.07, 6.45) is 1.18. The third kappa shape index (κ3) is 2.31. The average molecular weight is 229 g/mol. The Hall–Kier alpha value is -1.05. The summed E-state index contributed by atoms with van der Waals surface area (Å²) in [4.78, 5) is 14.0. The monoisotopic (exact) mass is 229 g/mol. The van der Waals surface area contributed by atoms with E-state index in [4.69, 9.17) is 9.84 Å². The van der Waals surface area contributed by atoms with Gasteiger partial charge in [0.05, 0.1) is 25.5 Å². The average Bonchev–Trinajstić information content (AvgIpc) is 2.81. The maximum atomic E-state index is 11.8. The highest BCUT2D eigenvalue weighted by Crippen LogP contribution is 2.11. The van der Waals surface area contributed by atoms with Crippen molar-refractivity contribution in [1.82, 2.24) is 14.5 Å². The van der Waals surface area contributed by atoms with Crippen LogP contribution in [0.25, 0.3) is 0 Å². The zero-order valence-electron chi connectivity index (χ0n) is 8.00. The summed E-state index contributed by atoms with van der Waals surface area (Å²) in [5.74, 6) is -0.0910. The molecular weight excluding hydrogens is 218 g/mol. The van der Waals surface area contributed by atoms with Crippen LogP contribution in [0, 0.1) is 0 Å². The molecule has 0 aromatic carbocycles. The molecular formula is C8H11N3O3S. The lowest BCUT2D eigenvalue weighted by Crippen LogP contribution is -2.46. The van der Waals surface area contributed by atoms with Crippen LogP contribution in [0.4, 0.5) is 0 Å². The molecule has 1 aromatic rings. The number of carbonyl (C=O) groups excluding carboxylic acids is 1. The van der Waals surface area contributed by atoms with E-state index < -0.39 is 0 Å². The van der Waals surface area contributed by atoms with Crippen LogP contribution in [-0.4, -0.2) is 57.9 Å². The molecule has 0 saturated carbocycles. The SMILES string of the molecule is O=C(c1cnns1)N1CCOC(CO)C1. The first-order chi connectivity index (χ1) is 7.31. The predicted octanol–water partition coefficient (Wildman–Crippen LogP) is -0.629. The maximum absolute atomic E-state index is 11.8. The van der Waals surface area contributed by atoms with Crippen LogP contribution in [0.1, 0.15) is 9.67 Å². The molecule has 15 heavy (non-hydrogen) atoms. The third-order valence-corrected chi connectivity index (χ3v) is 2.85. The van der Waals surface area contributed by atoms with Gasteiger partial charge in [-0.2, -0.15) is 0 Å². The Bertz CT molecular complexity index is 330. The van der Waals surface area contributed by atoms with Crippen LogP contribution in [0.3, 0.4) is 0 Å². The molecule has 1 saturated heterocycles. The first-order valence-corrected chi connectivity index (χ1v) is 5.37. The van der Waals surface area contributed by atoms with Crippen LogP contribution < -0.4 is 0 Å². The lowest BCUT2D eigenvalue weighted by molar-refractivity contribution is -0.0446. The number of carbonyl (C=O) groups is 1. The molecule has 0 aliphatic carbocycles. The Labute approximate surface area is 90.6 Å². The Morgan fingerprint density at radius 3 is 3.33 bits per heavy atom. The standard InChI is InChI=1S/C8H11N3O3S/c12-5-6-4-11(1-2-14-6)8(13)7-3-9-10-15-7/h3,6,12H,1-2,4-5H2. The summed E-state index contributed by atoms with van der Waals surface area (Å²) in [7, 11) is 0. The molecule has 2 heterocycles. The Kier molecular flexibility index (Phi) is 3.24. The van der Waals surface area contributed by atoms with Gasteiger partial charge in [0.25, 0.3) is 5.91 Å². The van der Waals surface area contributed by atoms with E-state index in [0.29, 0.717) is 24.6 Å². The molecule has 7 heteroatoms. The number of amides is 1. The van der Waals surface area contributed by atoms with Gasteiger partial charge in [0.15, 0.2) is 0 Å². The van der Waals surface area contributed by atoms with E-state index >= 15 is 0 Å². The second-order valence-corrected chi connectivity index (χ2v) is 3.99. The van der Waals surface area contributed by atoms with Gasteiger partial charge in [0.1, 0.15) is 4.88 Å². The van der Waals surface area contributed by atoms with E-state index in [0.717, 1.165) is 11.5 Å². The van der Waals surface area contributed by atoms with E-state index in [-0.39, 0.29) is 18.6 Å². The number of rotatable bonds is 2. The highest BCUT2D eigenvalue weighted by atomic mass is 32.1. The molecule has 1 unspecified atom stereocenters. The second kappa shape index (κ2) is 4.65. The fourth-order valence-electron chi connectivity index (χ4n) is 1.43. The topological polar surface area (TPSA) is 75.6 Å². The molecule has 0 bridgehead atoms. The minimum atomic E-state index is -0.274. The van der Waals surface area contributed by atoms with Crippen molar-refractivity contribution >= 4 is 17.4 Å². The summed E-state index contributed by atoms with van der Waals surface area (Å²) >= 11 is 1.08. The Morgan fingerprint density at radius 1 is 1.80 bits per heavy atom. The van der Waals surface area contributed by atoms with Crippen LogP contribution in [-0.2, 0) is 4.74 Å². The maximum Gasteiger partial charge on any atom is 0.267 e. The highest BCUT2D eigenvalue weighted by molar-refractivity contribution is 7.07. The molecule has 1 aliphatic heterocycles. The van der Waals surface area contributed by atoms with Gasteiger partial charge in [-0.1, -0.05) is 4.49 Å². The van der Waals surface area contributed by atoms with Gasteiger partial charge in [-0.15, -0.1) is 5.10 Å². The molecule has 1 amide bonds. The lowest BCUT2D eigenvalue weighted by Gasteiger charge is -2.31. The fraction of sp³-hybridized carbons (Fsp3) is 0.625. The molecule has 0 radical (unpaired) electrons. The van der Waals surface area contributed by atoms with Crippen molar-refractivity contribution in [2.24, 2.45) is 0 Å². The van der Waals surface area contributed by atoms with E-state index in [9.17, 15) is 4.79 Å². The van der Waals surface area contributed by atoms with Crippen molar-refractivity contribution in [2.75, 3.05) is 26.3 Å². The molecule has 1 aliphatic rings. The number of ether oxygens (including phenoxy) is 1. The number of nitrogens with zero attached hydrogens (tertiary/aromatic N) is 3. The van der Waals surface area contributed by atoms with Crippen LogP contribution in [0.15, 0.2) is 6.20 Å². The highest BCUT2D eigenvalue weighted by Gasteiger charge is 2.25. The number of aliphatic hydroxyl groups excluding tert-OH is 1. The summed E-state index contributed by atoms with van der Waals surface area (Å²) in [5.41, 5.74) is 0.